The van der Waals surface area contributed by atoms with Crippen LogP contribution < -0.4 is 15.4 Å². The van der Waals surface area contributed by atoms with Crippen molar-refractivity contribution < 1.29 is 28.3 Å². The Morgan fingerprint density at radius 3 is 2.67 bits per heavy atom. The molecule has 8 nitrogen and oxygen atoms in total. The van der Waals surface area contributed by atoms with E-state index in [1.807, 2.05) is 6.07 Å². The summed E-state index contributed by atoms with van der Waals surface area (Å²) in [5, 5.41) is 6.09. The maximum Gasteiger partial charge on any atom is 0.413 e. The summed E-state index contributed by atoms with van der Waals surface area (Å²) in [6.07, 6.45) is 2.66. The van der Waals surface area contributed by atoms with E-state index >= 15 is 0 Å². The number of thiophene rings is 1. The second-order valence-corrected chi connectivity index (χ2v) is 7.91. The van der Waals surface area contributed by atoms with Gasteiger partial charge in [-0.3, -0.25) is 14.9 Å². The Balaban J connectivity index is 1.67. The van der Waals surface area contributed by atoms with Crippen LogP contribution in [-0.2, 0) is 17.6 Å². The Kier molecular flexibility index (Phi) is 5.45. The summed E-state index contributed by atoms with van der Waals surface area (Å²) in [5.41, 5.74) is 1.65. The average molecular weight is 428 g/mol. The first kappa shape index (κ1) is 20.0. The van der Waals surface area contributed by atoms with E-state index in [1.165, 1.54) is 25.6 Å². The van der Waals surface area contributed by atoms with Gasteiger partial charge in [-0.1, -0.05) is 12.1 Å². The van der Waals surface area contributed by atoms with Crippen LogP contribution in [0.4, 0.5) is 9.80 Å². The molecule has 1 aliphatic carbocycles. The van der Waals surface area contributed by atoms with E-state index in [0.717, 1.165) is 35.1 Å². The van der Waals surface area contributed by atoms with Crippen LogP contribution in [0.15, 0.2) is 28.7 Å². The number of nitrogens with one attached hydrogen (secondary N) is 2. The molecule has 2 aromatic heterocycles. The van der Waals surface area contributed by atoms with Crippen LogP contribution >= 0.6 is 11.3 Å². The number of aryl methyl sites for hydroxylation is 1. The zero-order chi connectivity index (χ0) is 21.3. The summed E-state index contributed by atoms with van der Waals surface area (Å²) < 4.78 is 15.5. The molecule has 0 aliphatic heterocycles. The first-order valence-corrected chi connectivity index (χ1v) is 10.2. The second kappa shape index (κ2) is 8.19. The van der Waals surface area contributed by atoms with Crippen LogP contribution in [0.25, 0.3) is 11.0 Å². The van der Waals surface area contributed by atoms with Crippen LogP contribution in [0.5, 0.6) is 5.75 Å². The number of furan rings is 1. The first-order chi connectivity index (χ1) is 14.5. The second-order valence-electron chi connectivity index (χ2n) is 6.80. The molecule has 156 valence electrons. The molecule has 0 atom stereocenters. The average Bonchev–Trinajstić information content (AvgIpc) is 3.34. The lowest BCUT2D eigenvalue weighted by Gasteiger charge is -2.12. The molecule has 2 heterocycles. The predicted molar refractivity (Wildman–Crippen MR) is 112 cm³/mol. The van der Waals surface area contributed by atoms with Crippen molar-refractivity contribution in [3.63, 3.8) is 0 Å². The van der Waals surface area contributed by atoms with E-state index in [2.05, 4.69) is 15.4 Å². The molecule has 0 spiro atoms. The van der Waals surface area contributed by atoms with Crippen molar-refractivity contribution in [3.05, 3.63) is 46.0 Å². The van der Waals surface area contributed by atoms with Gasteiger partial charge < -0.3 is 19.2 Å². The smallest absolute Gasteiger partial charge is 0.413 e. The largest absolute Gasteiger partial charge is 0.493 e. The van der Waals surface area contributed by atoms with Gasteiger partial charge in [0.05, 0.1) is 19.8 Å². The van der Waals surface area contributed by atoms with E-state index < -0.39 is 17.9 Å². The van der Waals surface area contributed by atoms with Gasteiger partial charge in [0.25, 0.3) is 11.8 Å². The number of carbonyl (C=O) groups excluding carboxylic acids is 3. The number of hydrogen-bond donors (Lipinski definition) is 2. The predicted octanol–water partition coefficient (Wildman–Crippen LogP) is 4.13. The number of anilines is 1. The molecule has 0 saturated heterocycles. The Labute approximate surface area is 176 Å². The molecule has 3 amide bonds. The van der Waals surface area contributed by atoms with E-state index in [9.17, 15) is 14.4 Å². The minimum Gasteiger partial charge on any atom is -0.493 e. The summed E-state index contributed by atoms with van der Waals surface area (Å²) in [6, 6.07) is 6.99. The lowest BCUT2D eigenvalue weighted by molar-refractivity contribution is 0.0937. The van der Waals surface area contributed by atoms with Gasteiger partial charge in [0.15, 0.2) is 17.1 Å². The Bertz CT molecular complexity index is 1150. The monoisotopic (exact) mass is 428 g/mol. The maximum atomic E-state index is 12.9. The van der Waals surface area contributed by atoms with Crippen molar-refractivity contribution >= 4 is 45.2 Å². The fraction of sp³-hybridized carbons (Fsp3) is 0.286. The highest BCUT2D eigenvalue weighted by Gasteiger charge is 2.28. The molecule has 3 aromatic rings. The van der Waals surface area contributed by atoms with Crippen LogP contribution in [0.2, 0.25) is 0 Å². The number of hydrogen-bond acceptors (Lipinski definition) is 7. The normalized spacial score (nSPS) is 12.9. The highest BCUT2D eigenvalue weighted by atomic mass is 32.1. The maximum absolute atomic E-state index is 12.9. The third-order valence-corrected chi connectivity index (χ3v) is 6.19. The van der Waals surface area contributed by atoms with Crippen LogP contribution in [0.3, 0.4) is 0 Å². The van der Waals surface area contributed by atoms with Gasteiger partial charge in [-0.25, -0.2) is 4.79 Å². The van der Waals surface area contributed by atoms with Gasteiger partial charge in [0.1, 0.15) is 5.00 Å². The van der Waals surface area contributed by atoms with Crippen molar-refractivity contribution in [3.8, 4) is 5.75 Å². The van der Waals surface area contributed by atoms with Gasteiger partial charge in [-0.05, 0) is 43.4 Å². The minimum absolute atomic E-state index is 0.0974. The zero-order valence-electron chi connectivity index (χ0n) is 16.5. The lowest BCUT2D eigenvalue weighted by Crippen LogP contribution is -2.31. The number of carbonyl (C=O) groups is 3. The van der Waals surface area contributed by atoms with Crippen LogP contribution in [0, 0.1) is 0 Å². The summed E-state index contributed by atoms with van der Waals surface area (Å²) in [7, 11) is 2.71. The zero-order valence-corrected chi connectivity index (χ0v) is 17.3. The van der Waals surface area contributed by atoms with Crippen molar-refractivity contribution in [1.82, 2.24) is 5.32 Å². The van der Waals surface area contributed by atoms with E-state index in [-0.39, 0.29) is 5.76 Å². The summed E-state index contributed by atoms with van der Waals surface area (Å²) in [4.78, 5) is 38.2. The fourth-order valence-electron chi connectivity index (χ4n) is 3.57. The molecule has 2 N–H and O–H groups in total. The van der Waals surface area contributed by atoms with Gasteiger partial charge in [-0.15, -0.1) is 11.3 Å². The fourth-order valence-corrected chi connectivity index (χ4v) is 4.86. The first-order valence-electron chi connectivity index (χ1n) is 9.43. The molecule has 4 rings (SSSR count). The highest BCUT2D eigenvalue weighted by Crippen LogP contribution is 2.38. The van der Waals surface area contributed by atoms with Crippen molar-refractivity contribution in [2.75, 3.05) is 19.5 Å². The lowest BCUT2D eigenvalue weighted by atomic mass is 9.95. The third-order valence-electron chi connectivity index (χ3n) is 4.98. The van der Waals surface area contributed by atoms with E-state index in [1.54, 1.807) is 18.2 Å². The van der Waals surface area contributed by atoms with Crippen molar-refractivity contribution in [2.45, 2.75) is 25.7 Å². The molecule has 30 heavy (non-hydrogen) atoms. The molecular formula is C21H20N2O6S. The number of benzene rings is 1. The molecule has 1 aliphatic rings. The SMILES string of the molecule is COC(=O)NC(=O)c1c(NC(=O)c2cc3cccc(OC)c3o2)sc2c1CCCC2. The number of amides is 3. The number of methoxy groups -OCH3 is 2. The summed E-state index contributed by atoms with van der Waals surface area (Å²) >= 11 is 1.35. The van der Waals surface area contributed by atoms with Crippen molar-refractivity contribution in [2.24, 2.45) is 0 Å². The number of rotatable bonds is 4. The van der Waals surface area contributed by atoms with Crippen molar-refractivity contribution in [1.29, 1.82) is 0 Å². The number of para-hydroxylation sites is 1. The van der Waals surface area contributed by atoms with E-state index in [4.69, 9.17) is 9.15 Å². The van der Waals surface area contributed by atoms with Gasteiger partial charge in [0, 0.05) is 10.3 Å². The number of alkyl carbamates (subject to hydrolysis) is 1. The molecule has 0 bridgehead atoms. The summed E-state index contributed by atoms with van der Waals surface area (Å²) in [5.74, 6) is -0.460. The molecule has 0 saturated carbocycles. The van der Waals surface area contributed by atoms with Gasteiger partial charge >= 0.3 is 6.09 Å². The quantitative estimate of drug-likeness (QED) is 0.647. The number of ether oxygens (including phenoxy) is 2. The van der Waals surface area contributed by atoms with Gasteiger partial charge in [0.2, 0.25) is 0 Å². The molecule has 0 fully saturated rings. The Hall–Kier alpha value is -3.33. The molecule has 0 unspecified atom stereocenters. The van der Waals surface area contributed by atoms with Crippen LogP contribution in [-0.4, -0.2) is 32.1 Å². The number of imide groups is 1. The number of fused-ring (bicyclic) bond motifs is 2. The third kappa shape index (κ3) is 3.63. The van der Waals surface area contributed by atoms with E-state index in [0.29, 0.717) is 28.3 Å². The molecule has 9 heteroatoms. The molecule has 1 aromatic carbocycles. The minimum atomic E-state index is -0.850. The summed E-state index contributed by atoms with van der Waals surface area (Å²) in [6.45, 7) is 0. The topological polar surface area (TPSA) is 107 Å². The Morgan fingerprint density at radius 1 is 1.10 bits per heavy atom. The molecular weight excluding hydrogens is 408 g/mol. The highest BCUT2D eigenvalue weighted by molar-refractivity contribution is 7.17. The Morgan fingerprint density at radius 2 is 1.90 bits per heavy atom. The molecule has 0 radical (unpaired) electrons. The van der Waals surface area contributed by atoms with Gasteiger partial charge in [-0.2, -0.15) is 0 Å². The standard InChI is InChI=1S/C21H20N2O6S/c1-27-13-8-5-6-11-10-14(29-17(11)13)18(24)22-20-16(19(25)23-21(26)28-2)12-7-3-4-9-15(12)30-20/h5-6,8,10H,3-4,7,9H2,1-2H3,(H,22,24)(H,23,25,26). The van der Waals surface area contributed by atoms with Crippen LogP contribution in [0.1, 0.15) is 44.2 Å².